The fraction of sp³-hybridized carbons (Fsp3) is 0.613. The Labute approximate surface area is 243 Å². The lowest BCUT2D eigenvalue weighted by atomic mass is 9.84. The maximum Gasteiger partial charge on any atom is 0.401 e. The summed E-state index contributed by atoms with van der Waals surface area (Å²) in [6, 6.07) is 3.88. The molecule has 1 aliphatic rings. The molecule has 2 N–H and O–H groups in total. The number of nitrogen functional groups attached to an aromatic ring is 1. The van der Waals surface area contributed by atoms with E-state index in [1.54, 1.807) is 16.3 Å². The summed E-state index contributed by atoms with van der Waals surface area (Å²) in [6.45, 7) is 16.1. The quantitative estimate of drug-likeness (QED) is 0.196. The van der Waals surface area contributed by atoms with Gasteiger partial charge in [0.05, 0.1) is 32.6 Å². The standard InChI is InChI=1S/C31H46N6O4/c1-8-11-12-15-41-29-23(10-3)22(9-2)28-33-36(30(32)37(28)34-29)20-26(38)21-18-24(31(4,5)6)27(39-7)25(19-21)35-13-16-40-17-14-35/h18-19,32H,8-17,20H2,1-7H3/p+1. The highest BCUT2D eigenvalue weighted by atomic mass is 16.5. The largest absolute Gasteiger partial charge is 0.494 e. The van der Waals surface area contributed by atoms with Gasteiger partial charge in [-0.25, -0.2) is 0 Å². The SMILES string of the molecule is CCCCCOc1nn2c(N)[n+](CC(=O)c3cc(N4CCOCC4)c(OC)c(C(C)(C)C)c3)nc2c(CC)c1CC. The molecule has 1 saturated heterocycles. The van der Waals surface area contributed by atoms with E-state index in [2.05, 4.69) is 46.4 Å². The fourth-order valence-corrected chi connectivity index (χ4v) is 5.43. The second-order valence-corrected chi connectivity index (χ2v) is 11.6. The molecule has 4 rings (SSSR count). The number of aromatic nitrogens is 4. The fourth-order valence-electron chi connectivity index (χ4n) is 5.43. The van der Waals surface area contributed by atoms with Gasteiger partial charge in [-0.3, -0.25) is 10.5 Å². The van der Waals surface area contributed by atoms with Crippen LogP contribution in [0.25, 0.3) is 5.65 Å². The number of nitrogens with zero attached hydrogens (tertiary/aromatic N) is 5. The molecule has 0 unspecified atom stereocenters. The monoisotopic (exact) mass is 567 g/mol. The zero-order valence-electron chi connectivity index (χ0n) is 25.9. The summed E-state index contributed by atoms with van der Waals surface area (Å²) in [5.41, 5.74) is 11.6. The van der Waals surface area contributed by atoms with Crippen LogP contribution in [-0.4, -0.2) is 60.5 Å². The maximum absolute atomic E-state index is 13.8. The Balaban J connectivity index is 1.73. The van der Waals surface area contributed by atoms with Gasteiger partial charge in [-0.1, -0.05) is 69.1 Å². The molecule has 0 amide bonds. The number of hydrogen-bond donors (Lipinski definition) is 1. The molecule has 0 bridgehead atoms. The topological polar surface area (TPSA) is 108 Å². The van der Waals surface area contributed by atoms with Crippen LogP contribution in [0.4, 0.5) is 11.6 Å². The van der Waals surface area contributed by atoms with Crippen LogP contribution in [0.1, 0.15) is 87.9 Å². The molecular formula is C31H47N6O4+. The Bertz CT molecular complexity index is 1370. The number of hydrogen-bond acceptors (Lipinski definition) is 8. The van der Waals surface area contributed by atoms with Crippen LogP contribution >= 0.6 is 0 Å². The van der Waals surface area contributed by atoms with Crippen LogP contribution in [0.2, 0.25) is 0 Å². The van der Waals surface area contributed by atoms with Crippen molar-refractivity contribution in [3.8, 4) is 11.6 Å². The van der Waals surface area contributed by atoms with E-state index in [4.69, 9.17) is 30.1 Å². The van der Waals surface area contributed by atoms with E-state index in [0.717, 1.165) is 73.3 Å². The van der Waals surface area contributed by atoms with Gasteiger partial charge in [0.2, 0.25) is 0 Å². The van der Waals surface area contributed by atoms with E-state index in [1.165, 1.54) is 0 Å². The Kier molecular flexibility index (Phi) is 9.73. The summed E-state index contributed by atoms with van der Waals surface area (Å²) < 4.78 is 20.8. The number of anilines is 2. The Morgan fingerprint density at radius 2 is 1.80 bits per heavy atom. The predicted octanol–water partition coefficient (Wildman–Crippen LogP) is 4.32. The van der Waals surface area contributed by atoms with Gasteiger partial charge in [0.15, 0.2) is 12.3 Å². The van der Waals surface area contributed by atoms with Crippen LogP contribution in [-0.2, 0) is 29.5 Å². The van der Waals surface area contributed by atoms with Crippen molar-refractivity contribution in [3.63, 3.8) is 0 Å². The van der Waals surface area contributed by atoms with Crippen molar-refractivity contribution in [2.75, 3.05) is 50.7 Å². The van der Waals surface area contributed by atoms with E-state index in [-0.39, 0.29) is 17.7 Å². The number of fused-ring (bicyclic) bond motifs is 1. The van der Waals surface area contributed by atoms with Crippen LogP contribution in [0, 0.1) is 0 Å². The highest BCUT2D eigenvalue weighted by molar-refractivity contribution is 5.97. The minimum atomic E-state index is -0.234. The lowest BCUT2D eigenvalue weighted by Gasteiger charge is -2.33. The number of ketones is 1. The molecule has 3 aromatic rings. The minimum absolute atomic E-state index is 0.00897. The molecule has 1 fully saturated rings. The van der Waals surface area contributed by atoms with Gasteiger partial charge >= 0.3 is 5.95 Å². The molecule has 224 valence electrons. The number of carbonyl (C=O) groups excluding carboxylic acids is 1. The van der Waals surface area contributed by atoms with Crippen LogP contribution in [0.3, 0.4) is 0 Å². The lowest BCUT2D eigenvalue weighted by Crippen LogP contribution is -2.42. The summed E-state index contributed by atoms with van der Waals surface area (Å²) in [4.78, 5) is 16.1. The van der Waals surface area contributed by atoms with Crippen molar-refractivity contribution < 1.29 is 23.7 Å². The normalized spacial score (nSPS) is 14.1. The Hall–Kier alpha value is -3.40. The first-order chi connectivity index (χ1) is 19.6. The molecule has 10 heteroatoms. The van der Waals surface area contributed by atoms with Crippen molar-refractivity contribution in [3.05, 3.63) is 34.4 Å². The summed E-state index contributed by atoms with van der Waals surface area (Å²) >= 11 is 0. The lowest BCUT2D eigenvalue weighted by molar-refractivity contribution is -0.723. The molecule has 0 atom stereocenters. The summed E-state index contributed by atoms with van der Waals surface area (Å²) in [7, 11) is 1.69. The third-order valence-corrected chi connectivity index (χ3v) is 7.72. The third-order valence-electron chi connectivity index (χ3n) is 7.72. The zero-order chi connectivity index (χ0) is 29.7. The molecule has 1 aromatic carbocycles. The number of methoxy groups -OCH3 is 1. The van der Waals surface area contributed by atoms with Gasteiger partial charge in [-0.05, 0) is 36.8 Å². The Morgan fingerprint density at radius 3 is 2.41 bits per heavy atom. The number of Topliss-reactive ketones (excluding diaryl/α,β-unsaturated/α-hetero) is 1. The van der Waals surface area contributed by atoms with Crippen molar-refractivity contribution in [2.24, 2.45) is 0 Å². The molecule has 0 aliphatic carbocycles. The van der Waals surface area contributed by atoms with Crippen molar-refractivity contribution in [1.82, 2.24) is 14.7 Å². The predicted molar refractivity (Wildman–Crippen MR) is 160 cm³/mol. The number of nitrogens with two attached hydrogens (primary N) is 1. The zero-order valence-corrected chi connectivity index (χ0v) is 25.9. The van der Waals surface area contributed by atoms with E-state index >= 15 is 0 Å². The van der Waals surface area contributed by atoms with Crippen molar-refractivity contribution in [2.45, 2.75) is 85.6 Å². The molecule has 41 heavy (non-hydrogen) atoms. The number of aryl methyl sites for hydroxylation is 1. The molecule has 1 aliphatic heterocycles. The van der Waals surface area contributed by atoms with Gasteiger partial charge in [0.25, 0.3) is 11.5 Å². The number of carbonyl (C=O) groups is 1. The third kappa shape index (κ3) is 6.42. The van der Waals surface area contributed by atoms with E-state index in [9.17, 15) is 4.79 Å². The number of morpholine rings is 1. The molecule has 0 saturated carbocycles. The molecule has 2 aromatic heterocycles. The second-order valence-electron chi connectivity index (χ2n) is 11.6. The second kappa shape index (κ2) is 13.1. The summed E-state index contributed by atoms with van der Waals surface area (Å²) in [6.07, 6.45) is 4.72. The first kappa shape index (κ1) is 30.6. The number of benzene rings is 1. The van der Waals surface area contributed by atoms with Crippen molar-refractivity contribution >= 4 is 23.1 Å². The van der Waals surface area contributed by atoms with Gasteiger partial charge in [0.1, 0.15) is 5.75 Å². The first-order valence-electron chi connectivity index (χ1n) is 15.0. The van der Waals surface area contributed by atoms with Gasteiger partial charge in [-0.2, -0.15) is 0 Å². The molecule has 3 heterocycles. The highest BCUT2D eigenvalue weighted by Gasteiger charge is 2.30. The van der Waals surface area contributed by atoms with Crippen LogP contribution in [0.15, 0.2) is 12.1 Å². The minimum Gasteiger partial charge on any atom is -0.494 e. The van der Waals surface area contributed by atoms with E-state index in [0.29, 0.717) is 42.9 Å². The van der Waals surface area contributed by atoms with Crippen molar-refractivity contribution in [1.29, 1.82) is 0 Å². The first-order valence-corrected chi connectivity index (χ1v) is 15.0. The number of unbranched alkanes of at least 4 members (excludes halogenated alkanes) is 2. The summed E-state index contributed by atoms with van der Waals surface area (Å²) in [5, 5.41) is 9.53. The molecular weight excluding hydrogens is 520 g/mol. The molecule has 0 spiro atoms. The van der Waals surface area contributed by atoms with Gasteiger partial charge in [-0.15, -0.1) is 4.68 Å². The van der Waals surface area contributed by atoms with Gasteiger partial charge < -0.3 is 19.1 Å². The maximum atomic E-state index is 13.8. The van der Waals surface area contributed by atoms with Crippen LogP contribution < -0.4 is 24.8 Å². The molecule has 0 radical (unpaired) electrons. The highest BCUT2D eigenvalue weighted by Crippen LogP contribution is 2.40. The van der Waals surface area contributed by atoms with Gasteiger partial charge in [0, 0.05) is 35.3 Å². The van der Waals surface area contributed by atoms with E-state index < -0.39 is 0 Å². The van der Waals surface area contributed by atoms with E-state index in [1.807, 2.05) is 12.1 Å². The Morgan fingerprint density at radius 1 is 1.10 bits per heavy atom. The molecule has 10 nitrogen and oxygen atoms in total. The smallest absolute Gasteiger partial charge is 0.401 e. The average molecular weight is 568 g/mol. The number of ether oxygens (including phenoxy) is 3. The average Bonchev–Trinajstić information content (AvgIpc) is 3.27. The number of rotatable bonds is 12. The van der Waals surface area contributed by atoms with Crippen LogP contribution in [0.5, 0.6) is 11.6 Å². The summed E-state index contributed by atoms with van der Waals surface area (Å²) in [5.74, 6) is 1.60.